The first-order valence-corrected chi connectivity index (χ1v) is 19.1. The summed E-state index contributed by atoms with van der Waals surface area (Å²) in [6.45, 7) is 0. The molecule has 10 rings (SSSR count). The summed E-state index contributed by atoms with van der Waals surface area (Å²) in [7, 11) is 0. The van der Waals surface area contributed by atoms with Crippen molar-refractivity contribution in [2.45, 2.75) is 12.8 Å². The van der Waals surface area contributed by atoms with Gasteiger partial charge in [0, 0.05) is 11.3 Å². The molecule has 0 amide bonds. The molecule has 0 unspecified atom stereocenters. The van der Waals surface area contributed by atoms with Crippen LogP contribution in [-0.2, 0) is 0 Å². The van der Waals surface area contributed by atoms with Gasteiger partial charge in [-0.05, 0) is 109 Å². The zero-order valence-electron chi connectivity index (χ0n) is 30.4. The topological polar surface area (TPSA) is 17.8 Å². The Morgan fingerprint density at radius 2 is 1.11 bits per heavy atom. The molecule has 260 valence electrons. The lowest BCUT2D eigenvalue weighted by Crippen LogP contribution is -1.97. The van der Waals surface area contributed by atoms with Gasteiger partial charge in [-0.25, -0.2) is 4.98 Å². The molecule has 0 aliphatic heterocycles. The number of hydrogen-bond acceptors (Lipinski definition) is 1. The van der Waals surface area contributed by atoms with Gasteiger partial charge in [-0.1, -0.05) is 176 Å². The van der Waals surface area contributed by atoms with Crippen molar-refractivity contribution in [2.24, 2.45) is 0 Å². The summed E-state index contributed by atoms with van der Waals surface area (Å²) in [5.74, 6) is 0.935. The molecular weight excluding hydrogens is 665 g/mol. The number of allylic oxidation sites excluding steroid dienone is 8. The van der Waals surface area contributed by atoms with Gasteiger partial charge in [0.05, 0.1) is 11.0 Å². The van der Waals surface area contributed by atoms with Crippen LogP contribution in [0.15, 0.2) is 206 Å². The Bertz CT molecular complexity index is 3000. The van der Waals surface area contributed by atoms with Crippen molar-refractivity contribution in [2.75, 3.05) is 0 Å². The van der Waals surface area contributed by atoms with Gasteiger partial charge < -0.3 is 0 Å². The fraction of sp³-hybridized carbons (Fsp3) is 0.0377. The minimum atomic E-state index is 0.846. The van der Waals surface area contributed by atoms with Crippen LogP contribution in [0.3, 0.4) is 0 Å². The molecular formula is C53H38N2. The standard InChI is InChI=1S/C53H38N2/c1-2-4-7-19-39(20-8-5-3-1)51-45-25-13-14-26-46(45)52(44-27-17-21-38-18-11-12-24-43(38)44)48-36-41(34-35-47(48)51)37-30-32-40(33-31-37)53-54-49-28-15-16-29-50(49)55(53)42-22-9-6-10-23-42/h1-2,4-18,20-36H,3,19H2/b2-1?,7-4?,8-5-,39-20+. The van der Waals surface area contributed by atoms with Crippen LogP contribution in [0.4, 0.5) is 0 Å². The van der Waals surface area contributed by atoms with Crippen LogP contribution in [0.2, 0.25) is 0 Å². The molecule has 1 aromatic heterocycles. The molecule has 9 aromatic rings. The highest BCUT2D eigenvalue weighted by Gasteiger charge is 2.20. The number of para-hydroxylation sites is 3. The van der Waals surface area contributed by atoms with E-state index < -0.39 is 0 Å². The Morgan fingerprint density at radius 1 is 0.455 bits per heavy atom. The summed E-state index contributed by atoms with van der Waals surface area (Å²) in [6.07, 6.45) is 17.4. The number of hydrogen-bond donors (Lipinski definition) is 0. The molecule has 55 heavy (non-hydrogen) atoms. The molecule has 0 saturated heterocycles. The van der Waals surface area contributed by atoms with E-state index in [1.165, 1.54) is 65.7 Å². The van der Waals surface area contributed by atoms with Gasteiger partial charge in [-0.3, -0.25) is 4.57 Å². The summed E-state index contributed by atoms with van der Waals surface area (Å²) in [5, 5.41) is 7.56. The predicted octanol–water partition coefficient (Wildman–Crippen LogP) is 14.3. The van der Waals surface area contributed by atoms with E-state index in [1.807, 2.05) is 0 Å². The van der Waals surface area contributed by atoms with E-state index >= 15 is 0 Å². The number of nitrogens with zero attached hydrogens (tertiary/aromatic N) is 2. The van der Waals surface area contributed by atoms with Crippen molar-refractivity contribution in [3.05, 3.63) is 212 Å². The van der Waals surface area contributed by atoms with Crippen molar-refractivity contribution in [1.82, 2.24) is 9.55 Å². The molecule has 0 saturated carbocycles. The second kappa shape index (κ2) is 14.1. The average molecular weight is 703 g/mol. The number of aromatic nitrogens is 2. The van der Waals surface area contributed by atoms with E-state index in [1.54, 1.807) is 0 Å². The maximum Gasteiger partial charge on any atom is 0.145 e. The molecule has 1 heterocycles. The van der Waals surface area contributed by atoms with Crippen LogP contribution in [-0.4, -0.2) is 9.55 Å². The van der Waals surface area contributed by atoms with E-state index in [4.69, 9.17) is 4.98 Å². The number of benzene rings is 8. The van der Waals surface area contributed by atoms with Crippen LogP contribution in [0.25, 0.3) is 88.3 Å². The molecule has 0 atom stereocenters. The lowest BCUT2D eigenvalue weighted by molar-refractivity contribution is 1.10. The third-order valence-corrected chi connectivity index (χ3v) is 10.9. The third kappa shape index (κ3) is 5.89. The molecule has 0 bridgehead atoms. The van der Waals surface area contributed by atoms with Gasteiger partial charge >= 0.3 is 0 Å². The average Bonchev–Trinajstić information content (AvgIpc) is 3.65. The summed E-state index contributed by atoms with van der Waals surface area (Å²) in [4.78, 5) is 5.12. The van der Waals surface area contributed by atoms with Gasteiger partial charge in [-0.15, -0.1) is 0 Å². The molecule has 1 aliphatic rings. The molecule has 0 spiro atoms. The highest BCUT2D eigenvalue weighted by atomic mass is 15.1. The number of fused-ring (bicyclic) bond motifs is 4. The molecule has 1 aliphatic carbocycles. The Labute approximate surface area is 321 Å². The molecule has 2 heteroatoms. The normalized spacial score (nSPS) is 14.7. The first kappa shape index (κ1) is 32.6. The van der Waals surface area contributed by atoms with Crippen LogP contribution in [0, 0.1) is 0 Å². The van der Waals surface area contributed by atoms with Crippen LogP contribution in [0.1, 0.15) is 18.4 Å². The quantitative estimate of drug-likeness (QED) is 0.163. The lowest BCUT2D eigenvalue weighted by Gasteiger charge is -2.20. The van der Waals surface area contributed by atoms with E-state index in [9.17, 15) is 0 Å². The molecule has 0 radical (unpaired) electrons. The second-order valence-electron chi connectivity index (χ2n) is 14.2. The van der Waals surface area contributed by atoms with Gasteiger partial charge in [-0.2, -0.15) is 0 Å². The largest absolute Gasteiger partial charge is 0.292 e. The molecule has 0 N–H and O–H groups in total. The van der Waals surface area contributed by atoms with Gasteiger partial charge in [0.1, 0.15) is 5.82 Å². The maximum atomic E-state index is 5.12. The Balaban J connectivity index is 1.19. The van der Waals surface area contributed by atoms with Crippen LogP contribution >= 0.6 is 0 Å². The minimum Gasteiger partial charge on any atom is -0.292 e. The summed E-state index contributed by atoms with van der Waals surface area (Å²) in [6, 6.07) is 59.4. The lowest BCUT2D eigenvalue weighted by atomic mass is 9.83. The minimum absolute atomic E-state index is 0.846. The number of imidazole rings is 1. The fourth-order valence-electron chi connectivity index (χ4n) is 8.33. The second-order valence-corrected chi connectivity index (χ2v) is 14.2. The monoisotopic (exact) mass is 702 g/mol. The van der Waals surface area contributed by atoms with Crippen molar-refractivity contribution < 1.29 is 0 Å². The van der Waals surface area contributed by atoms with Crippen molar-refractivity contribution in [3.63, 3.8) is 0 Å². The molecule has 2 nitrogen and oxygen atoms in total. The fourth-order valence-corrected chi connectivity index (χ4v) is 8.33. The Hall–Kier alpha value is -7.03. The first-order valence-electron chi connectivity index (χ1n) is 19.1. The smallest absolute Gasteiger partial charge is 0.145 e. The van der Waals surface area contributed by atoms with Crippen LogP contribution < -0.4 is 0 Å². The Kier molecular flexibility index (Phi) is 8.35. The van der Waals surface area contributed by atoms with Gasteiger partial charge in [0.15, 0.2) is 0 Å². The van der Waals surface area contributed by atoms with Crippen molar-refractivity contribution >= 4 is 48.9 Å². The Morgan fingerprint density at radius 3 is 1.98 bits per heavy atom. The zero-order valence-corrected chi connectivity index (χ0v) is 30.4. The van der Waals surface area contributed by atoms with E-state index in [0.29, 0.717) is 0 Å². The molecule has 0 fully saturated rings. The number of rotatable bonds is 5. The maximum absolute atomic E-state index is 5.12. The third-order valence-electron chi connectivity index (χ3n) is 10.9. The highest BCUT2D eigenvalue weighted by Crippen LogP contribution is 2.45. The highest BCUT2D eigenvalue weighted by molar-refractivity contribution is 6.22. The van der Waals surface area contributed by atoms with Crippen LogP contribution in [0.5, 0.6) is 0 Å². The van der Waals surface area contributed by atoms with Gasteiger partial charge in [0.25, 0.3) is 0 Å². The molecule has 8 aromatic carbocycles. The summed E-state index contributed by atoms with van der Waals surface area (Å²) < 4.78 is 2.26. The summed E-state index contributed by atoms with van der Waals surface area (Å²) in [5.41, 5.74) is 11.7. The van der Waals surface area contributed by atoms with E-state index in [-0.39, 0.29) is 0 Å². The van der Waals surface area contributed by atoms with Crippen molar-refractivity contribution in [1.29, 1.82) is 0 Å². The SMILES string of the molecule is C1=CC/C=C\C=C(\c2c3ccccc3c(-c3cccc4ccccc34)c3cc(-c4ccc(-c5nc6ccccc6n5-c5ccccc5)cc4)ccc23)CC=C1. The van der Waals surface area contributed by atoms with Gasteiger partial charge in [0.2, 0.25) is 0 Å². The zero-order chi connectivity index (χ0) is 36.6. The predicted molar refractivity (Wildman–Crippen MR) is 235 cm³/mol. The first-order chi connectivity index (χ1) is 27.3. The van der Waals surface area contributed by atoms with E-state index in [0.717, 1.165) is 41.0 Å². The van der Waals surface area contributed by atoms with E-state index in [2.05, 4.69) is 211 Å². The summed E-state index contributed by atoms with van der Waals surface area (Å²) >= 11 is 0. The van der Waals surface area contributed by atoms with Crippen molar-refractivity contribution in [3.8, 4) is 39.3 Å².